The zero-order valence-corrected chi connectivity index (χ0v) is 21.6. The second kappa shape index (κ2) is 11.4. The van der Waals surface area contributed by atoms with Crippen molar-refractivity contribution in [3.63, 3.8) is 0 Å². The van der Waals surface area contributed by atoms with Crippen LogP contribution in [0.3, 0.4) is 0 Å². The van der Waals surface area contributed by atoms with Gasteiger partial charge in [0.15, 0.2) is 0 Å². The summed E-state index contributed by atoms with van der Waals surface area (Å²) in [6, 6.07) is 34.6. The van der Waals surface area contributed by atoms with Gasteiger partial charge in [-0.25, -0.2) is 0 Å². The lowest BCUT2D eigenvalue weighted by Crippen LogP contribution is -2.12. The van der Waals surface area contributed by atoms with E-state index in [1.54, 1.807) is 48.2 Å². The topological polar surface area (TPSA) is 43.4 Å². The monoisotopic (exact) mass is 490 g/mol. The van der Waals surface area contributed by atoms with Gasteiger partial charge in [0.2, 0.25) is 0 Å². The first-order chi connectivity index (χ1) is 16.1. The normalized spacial score (nSPS) is 11.3. The third kappa shape index (κ3) is 7.79. The summed E-state index contributed by atoms with van der Waals surface area (Å²) in [4.78, 5) is 2.73. The molecule has 0 amide bonds. The average Bonchev–Trinajstić information content (AvgIpc) is 2.81. The van der Waals surface area contributed by atoms with E-state index in [2.05, 4.69) is 69.3 Å². The quantitative estimate of drug-likeness (QED) is 0.267. The highest BCUT2D eigenvalue weighted by atomic mass is 32.2. The Labute approximate surface area is 208 Å². The summed E-state index contributed by atoms with van der Waals surface area (Å²) in [5, 5.41) is 0. The SMILES string of the molecule is Cc1ccc(S(=O)(=O)Oc2ccc(C(C)(C)C)cc2)cc1.c1ccc(Sc2ccccc2)cc1. The van der Waals surface area contributed by atoms with E-state index < -0.39 is 10.1 Å². The van der Waals surface area contributed by atoms with E-state index in [-0.39, 0.29) is 10.3 Å². The number of benzene rings is 4. The van der Waals surface area contributed by atoms with E-state index in [0.29, 0.717) is 5.75 Å². The highest BCUT2D eigenvalue weighted by Crippen LogP contribution is 2.27. The molecule has 34 heavy (non-hydrogen) atoms. The molecular formula is C29H30O3S2. The summed E-state index contributed by atoms with van der Waals surface area (Å²) < 4.78 is 29.5. The standard InChI is InChI=1S/C17H20O3S.C12H10S/c1-13-5-11-16(12-6-13)21(18,19)20-15-9-7-14(8-10-15)17(2,3)4;1-3-7-11(8-4-1)13-12-9-5-2-6-10-12/h5-12H,1-4H3;1-10H. The van der Waals surface area contributed by atoms with Crippen LogP contribution in [0.15, 0.2) is 124 Å². The number of aryl methyl sites for hydroxylation is 1. The lowest BCUT2D eigenvalue weighted by Gasteiger charge is -2.19. The third-order valence-corrected chi connectivity index (χ3v) is 7.24. The van der Waals surface area contributed by atoms with Crippen LogP contribution in [-0.4, -0.2) is 8.42 Å². The molecule has 0 bridgehead atoms. The van der Waals surface area contributed by atoms with Crippen LogP contribution in [0, 0.1) is 6.92 Å². The number of rotatable bonds is 5. The summed E-state index contributed by atoms with van der Waals surface area (Å²) in [6.07, 6.45) is 0. The zero-order valence-electron chi connectivity index (χ0n) is 19.9. The van der Waals surface area contributed by atoms with E-state index >= 15 is 0 Å². The molecule has 0 heterocycles. The molecule has 0 radical (unpaired) electrons. The van der Waals surface area contributed by atoms with Crippen LogP contribution in [0.2, 0.25) is 0 Å². The van der Waals surface area contributed by atoms with E-state index in [0.717, 1.165) is 11.1 Å². The molecule has 0 saturated heterocycles. The van der Waals surface area contributed by atoms with Gasteiger partial charge in [0.05, 0.1) is 0 Å². The molecule has 0 aliphatic carbocycles. The van der Waals surface area contributed by atoms with Gasteiger partial charge in [-0.3, -0.25) is 0 Å². The van der Waals surface area contributed by atoms with Crippen molar-refractivity contribution in [1.29, 1.82) is 0 Å². The molecule has 0 saturated carbocycles. The summed E-state index contributed by atoms with van der Waals surface area (Å²) >= 11 is 1.79. The number of hydrogen-bond donors (Lipinski definition) is 0. The van der Waals surface area contributed by atoms with E-state index in [4.69, 9.17) is 4.18 Å². The average molecular weight is 491 g/mol. The number of hydrogen-bond acceptors (Lipinski definition) is 4. The Morgan fingerprint density at radius 2 is 1.12 bits per heavy atom. The molecule has 0 aliphatic heterocycles. The van der Waals surface area contributed by atoms with Gasteiger partial charge in [0.25, 0.3) is 0 Å². The Morgan fingerprint density at radius 3 is 1.56 bits per heavy atom. The van der Waals surface area contributed by atoms with Crippen LogP contribution in [0.5, 0.6) is 5.75 Å². The van der Waals surface area contributed by atoms with Gasteiger partial charge >= 0.3 is 10.1 Å². The van der Waals surface area contributed by atoms with Crippen molar-refractivity contribution in [2.45, 2.75) is 47.8 Å². The largest absolute Gasteiger partial charge is 0.379 e. The van der Waals surface area contributed by atoms with Crippen LogP contribution < -0.4 is 4.18 Å². The lowest BCUT2D eigenvalue weighted by molar-refractivity contribution is 0.485. The molecular weight excluding hydrogens is 460 g/mol. The first-order valence-corrected chi connectivity index (χ1v) is 13.3. The minimum atomic E-state index is -3.78. The second-order valence-electron chi connectivity index (χ2n) is 8.85. The predicted octanol–water partition coefficient (Wildman–Crippen LogP) is 7.90. The highest BCUT2D eigenvalue weighted by Gasteiger charge is 2.18. The van der Waals surface area contributed by atoms with Gasteiger partial charge < -0.3 is 4.18 Å². The zero-order chi connectivity index (χ0) is 24.6. The Morgan fingerprint density at radius 1 is 0.647 bits per heavy atom. The highest BCUT2D eigenvalue weighted by molar-refractivity contribution is 7.99. The van der Waals surface area contributed by atoms with Gasteiger partial charge in [0.1, 0.15) is 10.6 Å². The van der Waals surface area contributed by atoms with Crippen LogP contribution in [-0.2, 0) is 15.5 Å². The molecule has 5 heteroatoms. The van der Waals surface area contributed by atoms with Crippen molar-refractivity contribution in [3.8, 4) is 5.75 Å². The Bertz CT molecular complexity index is 1220. The summed E-state index contributed by atoms with van der Waals surface area (Å²) in [7, 11) is -3.78. The van der Waals surface area contributed by atoms with E-state index in [1.807, 2.05) is 31.2 Å². The van der Waals surface area contributed by atoms with Crippen molar-refractivity contribution < 1.29 is 12.6 Å². The molecule has 0 unspecified atom stereocenters. The lowest BCUT2D eigenvalue weighted by atomic mass is 9.87. The maximum absolute atomic E-state index is 12.2. The first kappa shape index (κ1) is 25.6. The van der Waals surface area contributed by atoms with Crippen molar-refractivity contribution in [1.82, 2.24) is 0 Å². The van der Waals surface area contributed by atoms with Crippen LogP contribution >= 0.6 is 11.8 Å². The molecule has 4 aromatic carbocycles. The molecule has 176 valence electrons. The summed E-state index contributed by atoms with van der Waals surface area (Å²) in [6.45, 7) is 8.21. The fourth-order valence-corrected chi connectivity index (χ4v) is 4.79. The van der Waals surface area contributed by atoms with Crippen LogP contribution in [0.1, 0.15) is 31.9 Å². The molecule has 4 aromatic rings. The van der Waals surface area contributed by atoms with Gasteiger partial charge in [0, 0.05) is 9.79 Å². The Balaban J connectivity index is 0.000000212. The van der Waals surface area contributed by atoms with Gasteiger partial charge in [-0.05, 0) is 66.4 Å². The first-order valence-electron chi connectivity index (χ1n) is 11.0. The molecule has 3 nitrogen and oxygen atoms in total. The van der Waals surface area contributed by atoms with E-state index in [9.17, 15) is 8.42 Å². The molecule has 0 fully saturated rings. The van der Waals surface area contributed by atoms with Crippen LogP contribution in [0.4, 0.5) is 0 Å². The smallest absolute Gasteiger partial charge is 0.339 e. The van der Waals surface area contributed by atoms with Gasteiger partial charge in [-0.1, -0.05) is 98.8 Å². The van der Waals surface area contributed by atoms with Gasteiger partial charge in [-0.2, -0.15) is 8.42 Å². The summed E-state index contributed by atoms with van der Waals surface area (Å²) in [5.41, 5.74) is 2.15. The van der Waals surface area contributed by atoms with Crippen molar-refractivity contribution in [2.24, 2.45) is 0 Å². The van der Waals surface area contributed by atoms with Crippen LogP contribution in [0.25, 0.3) is 0 Å². The predicted molar refractivity (Wildman–Crippen MR) is 141 cm³/mol. The minimum Gasteiger partial charge on any atom is -0.379 e. The van der Waals surface area contributed by atoms with Crippen molar-refractivity contribution in [2.75, 3.05) is 0 Å². The van der Waals surface area contributed by atoms with E-state index in [1.165, 1.54) is 9.79 Å². The summed E-state index contributed by atoms with van der Waals surface area (Å²) in [5.74, 6) is 0.323. The Kier molecular flexibility index (Phi) is 8.59. The second-order valence-corrected chi connectivity index (χ2v) is 11.5. The maximum atomic E-state index is 12.2. The minimum absolute atomic E-state index is 0.0222. The molecule has 4 rings (SSSR count). The van der Waals surface area contributed by atoms with Crippen molar-refractivity contribution >= 4 is 21.9 Å². The van der Waals surface area contributed by atoms with Crippen molar-refractivity contribution in [3.05, 3.63) is 120 Å². The third-order valence-electron chi connectivity index (χ3n) is 4.96. The molecule has 0 atom stereocenters. The molecule has 0 aliphatic rings. The maximum Gasteiger partial charge on any atom is 0.339 e. The fourth-order valence-electron chi connectivity index (χ4n) is 3.00. The van der Waals surface area contributed by atoms with Gasteiger partial charge in [-0.15, -0.1) is 0 Å². The fraction of sp³-hybridized carbons (Fsp3) is 0.172. The molecule has 0 aromatic heterocycles. The molecule has 0 N–H and O–H groups in total. The molecule has 0 spiro atoms. The Hall–Kier alpha value is -3.02.